The van der Waals surface area contributed by atoms with Gasteiger partial charge in [-0.3, -0.25) is 0 Å². The van der Waals surface area contributed by atoms with E-state index in [4.69, 9.17) is 4.98 Å². The fraction of sp³-hybridized carbons (Fsp3) is 0.0612. The molecule has 55 heavy (non-hydrogen) atoms. The van der Waals surface area contributed by atoms with E-state index in [0.717, 1.165) is 61.8 Å². The fourth-order valence-corrected chi connectivity index (χ4v) is 8.31. The smallest absolute Gasteiger partial charge is 0.374 e. The summed E-state index contributed by atoms with van der Waals surface area (Å²) in [5.41, 5.74) is 14.6. The predicted octanol–water partition coefficient (Wildman–Crippen LogP) is 9.56. The Morgan fingerprint density at radius 2 is 1.42 bits per heavy atom. The van der Waals surface area contributed by atoms with Crippen molar-refractivity contribution in [1.82, 2.24) is 15.0 Å². The average Bonchev–Trinajstić information content (AvgIpc) is 3.81. The number of hydrogen-bond donors (Lipinski definition) is 3. The van der Waals surface area contributed by atoms with Gasteiger partial charge >= 0.3 is 5.84 Å². The topological polar surface area (TPSA) is 75.4 Å². The number of aromatic nitrogens is 1. The molecule has 5 aliphatic rings. The zero-order chi connectivity index (χ0) is 36.3. The SMILES string of the molecule is C1=CC2=CC=C(c3ccc4c(c3)NC(C3=[N+]=CC=N3)C=C4)NC2C=C1c1ccc(-c2ccc3ccc4c(c3n2)NC(c2ccccc2)C=C4)c2ccccc12. The second kappa shape index (κ2) is 12.7. The van der Waals surface area contributed by atoms with Gasteiger partial charge in [0.25, 0.3) is 0 Å². The first-order valence-corrected chi connectivity index (χ1v) is 18.8. The Morgan fingerprint density at radius 3 is 2.31 bits per heavy atom. The first kappa shape index (κ1) is 31.3. The zero-order valence-corrected chi connectivity index (χ0v) is 29.8. The van der Waals surface area contributed by atoms with Crippen LogP contribution in [0.3, 0.4) is 0 Å². The largest absolute Gasteiger partial charge is 0.416 e. The van der Waals surface area contributed by atoms with Crippen molar-refractivity contribution in [2.45, 2.75) is 18.1 Å². The summed E-state index contributed by atoms with van der Waals surface area (Å²) in [5, 5.41) is 14.7. The molecule has 3 N–H and O–H groups in total. The summed E-state index contributed by atoms with van der Waals surface area (Å²) < 4.78 is 4.40. The van der Waals surface area contributed by atoms with Crippen molar-refractivity contribution in [2.75, 3.05) is 10.6 Å². The molecular formula is C49H35N6+. The van der Waals surface area contributed by atoms with Crippen LogP contribution >= 0.6 is 0 Å². The van der Waals surface area contributed by atoms with Gasteiger partial charge in [-0.1, -0.05) is 140 Å². The lowest BCUT2D eigenvalue weighted by molar-refractivity contribution is 0.815. The molecule has 4 aliphatic heterocycles. The standard InChI is InChI=1S/C49H35N6/c1-2-6-30(7-3-1)41-23-18-33-12-13-34-19-24-43(55-48(34)47(33)54-41)40-21-20-37(38-8-4-5-9-39(38)40)35-14-10-31-16-22-42(52-45(31)28-35)36-15-11-32-17-25-44(53-46(32)29-36)49-50-26-27-51-49/h1-29,41,44-45,52-54H/q+1. The first-order valence-electron chi connectivity index (χ1n) is 18.8. The average molecular weight is 708 g/mol. The molecule has 1 aromatic heterocycles. The summed E-state index contributed by atoms with van der Waals surface area (Å²) in [7, 11) is 0. The number of pyridine rings is 1. The summed E-state index contributed by atoms with van der Waals surface area (Å²) in [4.78, 5) is 9.75. The summed E-state index contributed by atoms with van der Waals surface area (Å²) in [6, 6.07) is 39.1. The van der Waals surface area contributed by atoms with Crippen molar-refractivity contribution >= 4 is 74.7 Å². The molecule has 0 saturated carbocycles. The minimum Gasteiger partial charge on any atom is -0.374 e. The van der Waals surface area contributed by atoms with Crippen LogP contribution in [-0.4, -0.2) is 35.3 Å². The molecule has 260 valence electrons. The second-order valence-corrected chi connectivity index (χ2v) is 14.4. The minimum absolute atomic E-state index is 0.0439. The Labute approximate surface area is 318 Å². The Balaban J connectivity index is 0.904. The normalized spacial score (nSPS) is 20.0. The lowest BCUT2D eigenvalue weighted by Gasteiger charge is -2.28. The molecule has 0 amide bonds. The van der Waals surface area contributed by atoms with E-state index in [1.54, 1.807) is 12.4 Å². The quantitative estimate of drug-likeness (QED) is 0.156. The minimum atomic E-state index is -0.0443. The van der Waals surface area contributed by atoms with E-state index in [1.807, 2.05) is 0 Å². The number of hydrogen-bond acceptors (Lipinski definition) is 5. The van der Waals surface area contributed by atoms with E-state index in [1.165, 1.54) is 33.0 Å². The number of amidine groups is 1. The number of benzene rings is 5. The fourth-order valence-electron chi connectivity index (χ4n) is 8.31. The van der Waals surface area contributed by atoms with Crippen LogP contribution in [0.1, 0.15) is 33.9 Å². The predicted molar refractivity (Wildman–Crippen MR) is 231 cm³/mol. The third-order valence-corrected chi connectivity index (χ3v) is 11.1. The van der Waals surface area contributed by atoms with Crippen molar-refractivity contribution in [3.05, 3.63) is 185 Å². The number of allylic oxidation sites excluding steroid dienone is 4. The number of nitrogens with one attached hydrogen (secondary N) is 3. The summed E-state index contributed by atoms with van der Waals surface area (Å²) in [6.07, 6.45) is 23.4. The number of anilines is 2. The van der Waals surface area contributed by atoms with Gasteiger partial charge in [-0.05, 0) is 79.0 Å². The van der Waals surface area contributed by atoms with E-state index < -0.39 is 0 Å². The zero-order valence-electron chi connectivity index (χ0n) is 29.8. The van der Waals surface area contributed by atoms with Crippen LogP contribution in [-0.2, 0) is 0 Å². The monoisotopic (exact) mass is 707 g/mol. The van der Waals surface area contributed by atoms with Crippen LogP contribution in [0.15, 0.2) is 162 Å². The van der Waals surface area contributed by atoms with Crippen LogP contribution in [0.5, 0.6) is 0 Å². The highest BCUT2D eigenvalue weighted by atomic mass is 15.0. The van der Waals surface area contributed by atoms with Crippen molar-refractivity contribution in [1.29, 1.82) is 0 Å². The van der Waals surface area contributed by atoms with E-state index in [-0.39, 0.29) is 18.1 Å². The molecule has 11 rings (SSSR count). The van der Waals surface area contributed by atoms with E-state index in [2.05, 4.69) is 189 Å². The number of rotatable bonds is 5. The molecule has 6 aromatic rings. The molecule has 0 radical (unpaired) electrons. The highest BCUT2D eigenvalue weighted by Crippen LogP contribution is 2.40. The number of nitrogens with zero attached hydrogens (tertiary/aromatic N) is 3. The van der Waals surface area contributed by atoms with Gasteiger partial charge in [-0.15, -0.1) is 0 Å². The number of fused-ring (bicyclic) bond motifs is 6. The third kappa shape index (κ3) is 5.47. The van der Waals surface area contributed by atoms with Crippen molar-refractivity contribution in [3.63, 3.8) is 0 Å². The summed E-state index contributed by atoms with van der Waals surface area (Å²) in [6.45, 7) is 0. The molecule has 1 aliphatic carbocycles. The Hall–Kier alpha value is -7.27. The van der Waals surface area contributed by atoms with Crippen molar-refractivity contribution < 1.29 is 0 Å². The lowest BCUT2D eigenvalue weighted by atomic mass is 9.87. The van der Waals surface area contributed by atoms with Gasteiger partial charge in [0.2, 0.25) is 6.21 Å². The number of aliphatic imine (C=N–C) groups is 1. The maximum atomic E-state index is 5.35. The Kier molecular flexibility index (Phi) is 7.22. The molecule has 5 heterocycles. The molecular weight excluding hydrogens is 673 g/mol. The van der Waals surface area contributed by atoms with Crippen LogP contribution in [0, 0.1) is 0 Å². The second-order valence-electron chi connectivity index (χ2n) is 14.4. The molecule has 5 aromatic carbocycles. The molecule has 0 spiro atoms. The number of dihydropyridines is 1. The summed E-state index contributed by atoms with van der Waals surface area (Å²) >= 11 is 0. The molecule has 6 heteroatoms. The van der Waals surface area contributed by atoms with Crippen molar-refractivity contribution in [2.24, 2.45) is 4.99 Å². The van der Waals surface area contributed by atoms with Gasteiger partial charge in [0.15, 0.2) is 12.3 Å². The van der Waals surface area contributed by atoms with Gasteiger partial charge in [-0.25, -0.2) is 9.65 Å². The van der Waals surface area contributed by atoms with E-state index >= 15 is 0 Å². The van der Waals surface area contributed by atoms with Gasteiger partial charge in [0.1, 0.15) is 0 Å². The molecule has 3 atom stereocenters. The highest BCUT2D eigenvalue weighted by molar-refractivity contribution is 6.24. The molecule has 0 fully saturated rings. The van der Waals surface area contributed by atoms with Crippen LogP contribution in [0.25, 0.3) is 56.4 Å². The third-order valence-electron chi connectivity index (χ3n) is 11.1. The molecule has 3 unspecified atom stereocenters. The highest BCUT2D eigenvalue weighted by Gasteiger charge is 2.28. The Morgan fingerprint density at radius 1 is 0.618 bits per heavy atom. The Bertz CT molecular complexity index is 2900. The van der Waals surface area contributed by atoms with Crippen LogP contribution < -0.4 is 20.6 Å². The molecule has 0 bridgehead atoms. The van der Waals surface area contributed by atoms with Gasteiger partial charge in [0.05, 0.1) is 29.0 Å². The molecule has 6 nitrogen and oxygen atoms in total. The van der Waals surface area contributed by atoms with Gasteiger partial charge < -0.3 is 16.0 Å². The maximum Gasteiger partial charge on any atom is 0.416 e. The summed E-state index contributed by atoms with van der Waals surface area (Å²) in [5.74, 6) is 0.779. The van der Waals surface area contributed by atoms with Crippen LogP contribution in [0.4, 0.5) is 11.4 Å². The van der Waals surface area contributed by atoms with E-state index in [9.17, 15) is 0 Å². The lowest BCUT2D eigenvalue weighted by Crippen LogP contribution is -2.31. The van der Waals surface area contributed by atoms with E-state index in [0.29, 0.717) is 0 Å². The van der Waals surface area contributed by atoms with Gasteiger partial charge in [-0.2, -0.15) is 0 Å². The first-order chi connectivity index (χ1) is 27.2. The van der Waals surface area contributed by atoms with Crippen LogP contribution in [0.2, 0.25) is 0 Å². The van der Waals surface area contributed by atoms with Gasteiger partial charge in [0, 0.05) is 22.3 Å². The van der Waals surface area contributed by atoms with Crippen molar-refractivity contribution in [3.8, 4) is 11.3 Å². The molecule has 0 saturated heterocycles. The maximum absolute atomic E-state index is 5.35.